The standard InChI is InChI=1S/C13H23NO3/c1-13(12(15)16)4-6-14(7-5-13)10-11-2-8-17-9-3-11/h11H,2-10H2,1H3,(H,15,16). The fourth-order valence-corrected chi connectivity index (χ4v) is 2.74. The molecule has 1 N–H and O–H groups in total. The number of hydrogen-bond acceptors (Lipinski definition) is 3. The highest BCUT2D eigenvalue weighted by atomic mass is 16.5. The number of rotatable bonds is 3. The summed E-state index contributed by atoms with van der Waals surface area (Å²) in [6.45, 7) is 6.65. The van der Waals surface area contributed by atoms with Gasteiger partial charge in [0.05, 0.1) is 5.41 Å². The van der Waals surface area contributed by atoms with E-state index >= 15 is 0 Å². The molecular weight excluding hydrogens is 218 g/mol. The topological polar surface area (TPSA) is 49.8 Å². The van der Waals surface area contributed by atoms with Gasteiger partial charge in [-0.2, -0.15) is 0 Å². The molecule has 2 saturated heterocycles. The molecule has 2 heterocycles. The summed E-state index contributed by atoms with van der Waals surface area (Å²) in [6, 6.07) is 0. The molecule has 2 fully saturated rings. The summed E-state index contributed by atoms with van der Waals surface area (Å²) < 4.78 is 5.36. The van der Waals surface area contributed by atoms with Gasteiger partial charge < -0.3 is 14.7 Å². The maximum atomic E-state index is 11.1. The third kappa shape index (κ3) is 3.19. The van der Waals surface area contributed by atoms with E-state index in [1.165, 1.54) is 0 Å². The lowest BCUT2D eigenvalue weighted by Gasteiger charge is -2.38. The Hall–Kier alpha value is -0.610. The van der Waals surface area contributed by atoms with E-state index in [4.69, 9.17) is 4.74 Å². The minimum Gasteiger partial charge on any atom is -0.481 e. The van der Waals surface area contributed by atoms with Crippen LogP contribution in [0.3, 0.4) is 0 Å². The summed E-state index contributed by atoms with van der Waals surface area (Å²) in [5.74, 6) is 0.112. The fraction of sp³-hybridized carbons (Fsp3) is 0.923. The molecule has 0 spiro atoms. The lowest BCUT2D eigenvalue weighted by atomic mass is 9.80. The molecule has 17 heavy (non-hydrogen) atoms. The molecule has 0 aliphatic carbocycles. The van der Waals surface area contributed by atoms with Crippen molar-refractivity contribution >= 4 is 5.97 Å². The molecule has 0 amide bonds. The largest absolute Gasteiger partial charge is 0.481 e. The predicted molar refractivity (Wildman–Crippen MR) is 65.0 cm³/mol. The molecular formula is C13H23NO3. The number of ether oxygens (including phenoxy) is 1. The third-order valence-corrected chi connectivity index (χ3v) is 4.33. The molecule has 0 aromatic rings. The van der Waals surface area contributed by atoms with E-state index in [9.17, 15) is 9.90 Å². The fourth-order valence-electron chi connectivity index (χ4n) is 2.74. The van der Waals surface area contributed by atoms with Gasteiger partial charge in [0.25, 0.3) is 0 Å². The van der Waals surface area contributed by atoms with Gasteiger partial charge in [0.1, 0.15) is 0 Å². The highest BCUT2D eigenvalue weighted by Gasteiger charge is 2.37. The summed E-state index contributed by atoms with van der Waals surface area (Å²) in [7, 11) is 0. The first-order valence-corrected chi connectivity index (χ1v) is 6.64. The van der Waals surface area contributed by atoms with E-state index in [0.29, 0.717) is 0 Å². The monoisotopic (exact) mass is 241 g/mol. The quantitative estimate of drug-likeness (QED) is 0.815. The molecule has 4 nitrogen and oxygen atoms in total. The second-order valence-electron chi connectivity index (χ2n) is 5.72. The number of carboxylic acids is 1. The van der Waals surface area contributed by atoms with Crippen LogP contribution in [0, 0.1) is 11.3 Å². The maximum absolute atomic E-state index is 11.1. The number of nitrogens with zero attached hydrogens (tertiary/aromatic N) is 1. The van der Waals surface area contributed by atoms with Crippen molar-refractivity contribution < 1.29 is 14.6 Å². The Morgan fingerprint density at radius 1 is 1.35 bits per heavy atom. The van der Waals surface area contributed by atoms with Crippen LogP contribution in [0.5, 0.6) is 0 Å². The Bertz CT molecular complexity index is 266. The Balaban J connectivity index is 1.77. The minimum atomic E-state index is -0.636. The highest BCUT2D eigenvalue weighted by molar-refractivity contribution is 5.74. The first-order valence-electron chi connectivity index (χ1n) is 6.64. The molecule has 2 aliphatic rings. The Morgan fingerprint density at radius 2 is 1.94 bits per heavy atom. The number of carbonyl (C=O) groups is 1. The Kier molecular flexibility index (Phi) is 4.05. The van der Waals surface area contributed by atoms with Crippen LogP contribution >= 0.6 is 0 Å². The molecule has 2 rings (SSSR count). The second kappa shape index (κ2) is 5.36. The van der Waals surface area contributed by atoms with E-state index in [0.717, 1.165) is 64.4 Å². The number of carboxylic acid groups (broad SMARTS) is 1. The van der Waals surface area contributed by atoms with Crippen molar-refractivity contribution in [3.63, 3.8) is 0 Å². The zero-order valence-electron chi connectivity index (χ0n) is 10.7. The van der Waals surface area contributed by atoms with Crippen LogP contribution in [-0.2, 0) is 9.53 Å². The summed E-state index contributed by atoms with van der Waals surface area (Å²) in [6.07, 6.45) is 3.89. The summed E-state index contributed by atoms with van der Waals surface area (Å²) in [4.78, 5) is 13.6. The molecule has 0 aromatic heterocycles. The summed E-state index contributed by atoms with van der Waals surface area (Å²) in [5.41, 5.74) is -0.494. The number of aliphatic carboxylic acids is 1. The first kappa shape index (κ1) is 12.8. The van der Waals surface area contributed by atoms with Gasteiger partial charge in [-0.3, -0.25) is 4.79 Å². The lowest BCUT2D eigenvalue weighted by Crippen LogP contribution is -2.44. The molecule has 0 radical (unpaired) electrons. The van der Waals surface area contributed by atoms with Crippen LogP contribution in [0.15, 0.2) is 0 Å². The smallest absolute Gasteiger partial charge is 0.309 e. The molecule has 0 saturated carbocycles. The van der Waals surface area contributed by atoms with Crippen molar-refractivity contribution in [1.29, 1.82) is 0 Å². The normalized spacial score (nSPS) is 26.9. The SMILES string of the molecule is CC1(C(=O)O)CCN(CC2CCOCC2)CC1. The zero-order valence-corrected chi connectivity index (χ0v) is 10.7. The molecule has 0 aromatic carbocycles. The van der Waals surface area contributed by atoms with Crippen LogP contribution in [-0.4, -0.2) is 48.8 Å². The third-order valence-electron chi connectivity index (χ3n) is 4.33. The van der Waals surface area contributed by atoms with Crippen LogP contribution in [0.2, 0.25) is 0 Å². The van der Waals surface area contributed by atoms with Crippen LogP contribution in [0.25, 0.3) is 0 Å². The van der Waals surface area contributed by atoms with Gasteiger partial charge in [0.2, 0.25) is 0 Å². The second-order valence-corrected chi connectivity index (χ2v) is 5.72. The summed E-state index contributed by atoms with van der Waals surface area (Å²) in [5, 5.41) is 9.17. The zero-order chi connectivity index (χ0) is 12.3. The predicted octanol–water partition coefficient (Wildman–Crippen LogP) is 1.60. The van der Waals surface area contributed by atoms with Crippen molar-refractivity contribution in [2.24, 2.45) is 11.3 Å². The van der Waals surface area contributed by atoms with E-state index in [2.05, 4.69) is 4.90 Å². The minimum absolute atomic E-state index is 0.494. The molecule has 0 atom stereocenters. The average Bonchev–Trinajstić information content (AvgIpc) is 2.33. The molecule has 2 aliphatic heterocycles. The van der Waals surface area contributed by atoms with Crippen LogP contribution in [0.1, 0.15) is 32.6 Å². The van der Waals surface area contributed by atoms with Crippen molar-refractivity contribution in [1.82, 2.24) is 4.90 Å². The van der Waals surface area contributed by atoms with Crippen molar-refractivity contribution in [3.8, 4) is 0 Å². The van der Waals surface area contributed by atoms with Gasteiger partial charge in [-0.25, -0.2) is 0 Å². The van der Waals surface area contributed by atoms with E-state index in [1.807, 2.05) is 6.92 Å². The van der Waals surface area contributed by atoms with Gasteiger partial charge in [0, 0.05) is 19.8 Å². The van der Waals surface area contributed by atoms with Gasteiger partial charge in [-0.1, -0.05) is 0 Å². The molecule has 4 heteroatoms. The van der Waals surface area contributed by atoms with Crippen molar-refractivity contribution in [2.75, 3.05) is 32.8 Å². The number of hydrogen-bond donors (Lipinski definition) is 1. The molecule has 0 unspecified atom stereocenters. The van der Waals surface area contributed by atoms with Crippen molar-refractivity contribution in [2.45, 2.75) is 32.6 Å². The number of likely N-dealkylation sites (tertiary alicyclic amines) is 1. The van der Waals surface area contributed by atoms with Crippen LogP contribution in [0.4, 0.5) is 0 Å². The highest BCUT2D eigenvalue weighted by Crippen LogP contribution is 2.31. The number of piperidine rings is 1. The summed E-state index contributed by atoms with van der Waals surface area (Å²) >= 11 is 0. The lowest BCUT2D eigenvalue weighted by molar-refractivity contribution is -0.150. The molecule has 98 valence electrons. The van der Waals surface area contributed by atoms with E-state index in [-0.39, 0.29) is 0 Å². The van der Waals surface area contributed by atoms with Gasteiger partial charge in [-0.15, -0.1) is 0 Å². The Morgan fingerprint density at radius 3 is 2.47 bits per heavy atom. The Labute approximate surface area is 103 Å². The van der Waals surface area contributed by atoms with Gasteiger partial charge in [0.15, 0.2) is 0 Å². The van der Waals surface area contributed by atoms with E-state index < -0.39 is 11.4 Å². The van der Waals surface area contributed by atoms with Crippen LogP contribution < -0.4 is 0 Å². The molecule has 0 bridgehead atoms. The maximum Gasteiger partial charge on any atom is 0.309 e. The first-order chi connectivity index (χ1) is 8.10. The average molecular weight is 241 g/mol. The van der Waals surface area contributed by atoms with Gasteiger partial charge >= 0.3 is 5.97 Å². The van der Waals surface area contributed by atoms with Crippen molar-refractivity contribution in [3.05, 3.63) is 0 Å². The van der Waals surface area contributed by atoms with E-state index in [1.54, 1.807) is 0 Å². The van der Waals surface area contributed by atoms with Gasteiger partial charge in [-0.05, 0) is 51.6 Å².